The lowest BCUT2D eigenvalue weighted by atomic mass is 9.82. The molecule has 1 unspecified atom stereocenters. The molecule has 0 saturated heterocycles. The topological polar surface area (TPSA) is 75.9 Å². The van der Waals surface area contributed by atoms with Crippen LogP contribution in [0.5, 0.6) is 5.75 Å². The molecule has 230 valence electrons. The van der Waals surface area contributed by atoms with Crippen LogP contribution in [0.2, 0.25) is 0 Å². The number of thiophene rings is 1. The third kappa shape index (κ3) is 8.08. The monoisotopic (exact) mass is 621 g/mol. The summed E-state index contributed by atoms with van der Waals surface area (Å²) in [5, 5.41) is 11.8. The number of ether oxygens (including phenoxy) is 1. The summed E-state index contributed by atoms with van der Waals surface area (Å²) in [6.45, 7) is 9.63. The number of unbranched alkanes of at least 4 members (excludes halogenated alkanes) is 1. The van der Waals surface area contributed by atoms with Crippen LogP contribution < -0.4 is 4.74 Å². The Kier molecular flexibility index (Phi) is 11.1. The van der Waals surface area contributed by atoms with Crippen LogP contribution in [0.3, 0.4) is 0 Å². The summed E-state index contributed by atoms with van der Waals surface area (Å²) in [7, 11) is 4.15. The summed E-state index contributed by atoms with van der Waals surface area (Å²) in [6.07, 6.45) is 5.48. The van der Waals surface area contributed by atoms with Crippen LogP contribution in [0.25, 0.3) is 5.70 Å². The van der Waals surface area contributed by atoms with Crippen molar-refractivity contribution in [1.82, 2.24) is 9.80 Å². The van der Waals surface area contributed by atoms with E-state index < -0.39 is 4.92 Å². The van der Waals surface area contributed by atoms with Gasteiger partial charge in [0.05, 0.1) is 15.5 Å². The number of Topliss-reactive ketones (excluding diaryl/α,β-unsaturated/α-hetero) is 1. The van der Waals surface area contributed by atoms with Crippen LogP contribution in [-0.4, -0.2) is 46.6 Å². The van der Waals surface area contributed by atoms with E-state index in [-0.39, 0.29) is 21.7 Å². The Morgan fingerprint density at radius 3 is 2.35 bits per heavy atom. The second-order valence-corrected chi connectivity index (χ2v) is 13.8. The molecule has 4 rings (SSSR count). The van der Waals surface area contributed by atoms with Gasteiger partial charge in [-0.15, -0.1) is 0 Å². The number of thioether (sulfide) groups is 1. The van der Waals surface area contributed by atoms with Crippen molar-refractivity contribution in [3.63, 3.8) is 0 Å². The molecule has 0 radical (unpaired) electrons. The zero-order chi connectivity index (χ0) is 31.1. The summed E-state index contributed by atoms with van der Waals surface area (Å²) >= 11 is 2.61. The lowest BCUT2D eigenvalue weighted by Crippen LogP contribution is -2.39. The first-order chi connectivity index (χ1) is 20.5. The summed E-state index contributed by atoms with van der Waals surface area (Å²) < 4.78 is 6.58. The first-order valence-corrected chi connectivity index (χ1v) is 16.7. The average Bonchev–Trinajstić information content (AvgIpc) is 3.62. The van der Waals surface area contributed by atoms with Gasteiger partial charge in [0, 0.05) is 31.6 Å². The molecule has 2 heterocycles. The van der Waals surface area contributed by atoms with Gasteiger partial charge in [0.25, 0.3) is 0 Å². The number of ketones is 1. The number of aryl methyl sites for hydroxylation is 1. The van der Waals surface area contributed by atoms with E-state index >= 15 is 0 Å². The van der Waals surface area contributed by atoms with Gasteiger partial charge in [-0.2, -0.15) is 0 Å². The number of nitro groups is 1. The zero-order valence-electron chi connectivity index (χ0n) is 26.1. The molecule has 0 amide bonds. The molecule has 1 aliphatic heterocycles. The van der Waals surface area contributed by atoms with Crippen LogP contribution in [0, 0.1) is 10.1 Å². The Morgan fingerprint density at radius 2 is 1.74 bits per heavy atom. The Labute approximate surface area is 264 Å². The lowest BCUT2D eigenvalue weighted by molar-refractivity contribution is -0.380. The van der Waals surface area contributed by atoms with Crippen molar-refractivity contribution in [2.24, 2.45) is 0 Å². The fourth-order valence-electron chi connectivity index (χ4n) is 5.06. The third-order valence-electron chi connectivity index (χ3n) is 8.20. The Hall–Kier alpha value is -3.14. The van der Waals surface area contributed by atoms with Crippen LogP contribution >= 0.6 is 23.1 Å². The molecule has 0 aliphatic carbocycles. The smallest absolute Gasteiger partial charge is 0.324 e. The molecule has 43 heavy (non-hydrogen) atoms. The number of hydrogen-bond donors (Lipinski definition) is 0. The largest absolute Gasteiger partial charge is 0.448 e. The zero-order valence-corrected chi connectivity index (χ0v) is 27.7. The van der Waals surface area contributed by atoms with E-state index in [2.05, 4.69) is 100 Å². The number of hydrogen-bond acceptors (Lipinski definition) is 8. The summed E-state index contributed by atoms with van der Waals surface area (Å²) in [5.74, 6) is 0.752. The molecule has 9 heteroatoms. The minimum absolute atomic E-state index is 0.00214. The van der Waals surface area contributed by atoms with Gasteiger partial charge in [0.2, 0.25) is 0 Å². The molecule has 3 aromatic rings. The molecule has 0 fully saturated rings. The predicted octanol–water partition coefficient (Wildman–Crippen LogP) is 8.95. The first-order valence-electron chi connectivity index (χ1n) is 15.0. The average molecular weight is 622 g/mol. The van der Waals surface area contributed by atoms with E-state index in [1.807, 2.05) is 0 Å². The maximum Gasteiger partial charge on any atom is 0.324 e. The van der Waals surface area contributed by atoms with Crippen molar-refractivity contribution < 1.29 is 14.5 Å². The molecule has 2 aromatic carbocycles. The molecule has 0 N–H and O–H groups in total. The second-order valence-electron chi connectivity index (χ2n) is 11.8. The molecule has 7 nitrogen and oxygen atoms in total. The van der Waals surface area contributed by atoms with Gasteiger partial charge in [0.1, 0.15) is 11.2 Å². The van der Waals surface area contributed by atoms with Gasteiger partial charge >= 0.3 is 5.00 Å². The van der Waals surface area contributed by atoms with Crippen molar-refractivity contribution in [1.29, 1.82) is 0 Å². The van der Waals surface area contributed by atoms with Crippen molar-refractivity contribution in [3.05, 3.63) is 97.4 Å². The first kappa shape index (κ1) is 32.8. The minimum Gasteiger partial charge on any atom is -0.448 e. The molecule has 1 atom stereocenters. The third-order valence-corrected chi connectivity index (χ3v) is 10.7. The molecule has 0 spiro atoms. The summed E-state index contributed by atoms with van der Waals surface area (Å²) in [5.41, 5.74) is 4.88. The molecule has 0 saturated carbocycles. The Morgan fingerprint density at radius 1 is 1.05 bits per heavy atom. The van der Waals surface area contributed by atoms with Crippen molar-refractivity contribution in [2.75, 3.05) is 20.6 Å². The lowest BCUT2D eigenvalue weighted by Gasteiger charge is -2.31. The van der Waals surface area contributed by atoms with E-state index in [1.54, 1.807) is 17.8 Å². The fourth-order valence-corrected chi connectivity index (χ4v) is 7.10. The maximum atomic E-state index is 12.7. The van der Waals surface area contributed by atoms with E-state index in [4.69, 9.17) is 4.74 Å². The quantitative estimate of drug-likeness (QED) is 0.0952. The highest BCUT2D eigenvalue weighted by atomic mass is 32.2. The van der Waals surface area contributed by atoms with E-state index in [0.717, 1.165) is 46.3 Å². The fraction of sp³-hybridized carbons (Fsp3) is 0.441. The number of benzene rings is 2. The van der Waals surface area contributed by atoms with E-state index in [0.29, 0.717) is 24.3 Å². The van der Waals surface area contributed by atoms with Gasteiger partial charge in [-0.3, -0.25) is 19.8 Å². The van der Waals surface area contributed by atoms with Gasteiger partial charge in [-0.05, 0) is 79.2 Å². The van der Waals surface area contributed by atoms with Crippen LogP contribution in [0.15, 0.2) is 65.8 Å². The highest BCUT2D eigenvalue weighted by Gasteiger charge is 2.35. The molecular formula is C34H43N3O4S2. The van der Waals surface area contributed by atoms with Crippen LogP contribution in [0.1, 0.15) is 86.2 Å². The predicted molar refractivity (Wildman–Crippen MR) is 179 cm³/mol. The van der Waals surface area contributed by atoms with Crippen LogP contribution in [-0.2, 0) is 11.8 Å². The standard InChI is InChI=1S/C34H43N3O4S2/c1-7-9-11-24-13-15-25(16-14-24)31-32(41-27-19-17-26(18-20-27)34(3,4)8-2)43-33(36(31)6)35(5)23-10-12-28(38)29-21-22-30(42-29)37(39)40/h13-22,33H,7-12,23H2,1-6H3. The maximum absolute atomic E-state index is 12.7. The number of carbonyl (C=O) groups is 1. The minimum atomic E-state index is -0.453. The van der Waals surface area contributed by atoms with E-state index in [9.17, 15) is 14.9 Å². The number of carbonyl (C=O) groups excluding carboxylic acids is 1. The second kappa shape index (κ2) is 14.6. The Balaban J connectivity index is 1.49. The van der Waals surface area contributed by atoms with E-state index in [1.165, 1.54) is 30.0 Å². The van der Waals surface area contributed by atoms with Gasteiger partial charge in [0.15, 0.2) is 10.9 Å². The normalized spacial score (nSPS) is 15.4. The van der Waals surface area contributed by atoms with Gasteiger partial charge in [-0.25, -0.2) is 0 Å². The molecule has 0 bridgehead atoms. The molecular weight excluding hydrogens is 579 g/mol. The SMILES string of the molecule is CCCCc1ccc(C2=C(Oc3ccc(C(C)(C)CC)cc3)SC(N(C)CCCC(=O)c3ccc([N+](=O)[O-])s3)N2C)cc1. The summed E-state index contributed by atoms with van der Waals surface area (Å²) in [6, 6.07) is 20.2. The number of nitrogens with zero attached hydrogens (tertiary/aromatic N) is 3. The van der Waals surface area contributed by atoms with Crippen molar-refractivity contribution >= 4 is 39.6 Å². The van der Waals surface area contributed by atoms with Crippen molar-refractivity contribution in [2.45, 2.75) is 77.1 Å². The van der Waals surface area contributed by atoms with Crippen molar-refractivity contribution in [3.8, 4) is 5.75 Å². The highest BCUT2D eigenvalue weighted by Crippen LogP contribution is 2.44. The number of rotatable bonds is 15. The molecule has 1 aliphatic rings. The van der Waals surface area contributed by atoms with Crippen LogP contribution in [0.4, 0.5) is 5.00 Å². The molecule has 1 aromatic heterocycles. The Bertz CT molecular complexity index is 1430. The van der Waals surface area contributed by atoms with Gasteiger partial charge < -0.3 is 9.64 Å². The van der Waals surface area contributed by atoms with Gasteiger partial charge in [-0.1, -0.05) is 81.9 Å². The summed E-state index contributed by atoms with van der Waals surface area (Å²) in [4.78, 5) is 28.1. The highest BCUT2D eigenvalue weighted by molar-refractivity contribution is 8.03.